The number of methoxy groups -OCH3 is 1. The predicted octanol–water partition coefficient (Wildman–Crippen LogP) is 2.00. The summed E-state index contributed by atoms with van der Waals surface area (Å²) in [5, 5.41) is 5.20. The number of aromatic nitrogens is 4. The third kappa shape index (κ3) is 3.40. The Bertz CT molecular complexity index is 1450. The van der Waals surface area contributed by atoms with Crippen molar-refractivity contribution in [1.82, 2.24) is 29.0 Å². The molecule has 0 saturated carbocycles. The van der Waals surface area contributed by atoms with Crippen LogP contribution in [0.15, 0.2) is 35.4 Å². The Kier molecular flexibility index (Phi) is 5.14. The van der Waals surface area contributed by atoms with Gasteiger partial charge in [0.05, 0.1) is 31.5 Å². The first-order chi connectivity index (χ1) is 16.5. The Morgan fingerprint density at radius 1 is 1.24 bits per heavy atom. The molecule has 5 heterocycles. The zero-order valence-electron chi connectivity index (χ0n) is 19.2. The molecule has 1 saturated heterocycles. The molecule has 2 aliphatic heterocycles. The summed E-state index contributed by atoms with van der Waals surface area (Å²) >= 11 is 1.60. The Morgan fingerprint density at radius 2 is 2.06 bits per heavy atom. The largest absolute Gasteiger partial charge is 0.497 e. The number of benzene rings is 1. The van der Waals surface area contributed by atoms with E-state index in [1.807, 2.05) is 29.2 Å². The van der Waals surface area contributed by atoms with Crippen LogP contribution in [0.3, 0.4) is 0 Å². The summed E-state index contributed by atoms with van der Waals surface area (Å²) in [4.78, 5) is 37.2. The summed E-state index contributed by atoms with van der Waals surface area (Å²) < 4.78 is 8.44. The van der Waals surface area contributed by atoms with Crippen LogP contribution in [0.5, 0.6) is 5.75 Å². The highest BCUT2D eigenvalue weighted by Crippen LogP contribution is 2.37. The normalized spacial score (nSPS) is 18.6. The van der Waals surface area contributed by atoms with Gasteiger partial charge in [-0.15, -0.1) is 11.3 Å². The van der Waals surface area contributed by atoms with Crippen LogP contribution in [0.25, 0.3) is 15.9 Å². The number of carbonyl (C=O) groups excluding carboxylic acids is 1. The molecule has 0 aliphatic carbocycles. The third-order valence-electron chi connectivity index (χ3n) is 7.02. The first kappa shape index (κ1) is 21.3. The van der Waals surface area contributed by atoms with Gasteiger partial charge in [0.25, 0.3) is 0 Å². The maximum Gasteiger partial charge on any atom is 0.352 e. The Morgan fingerprint density at radius 3 is 2.79 bits per heavy atom. The van der Waals surface area contributed by atoms with Crippen LogP contribution in [0.4, 0.5) is 0 Å². The average molecular weight is 479 g/mol. The Hall–Kier alpha value is -3.24. The summed E-state index contributed by atoms with van der Waals surface area (Å²) in [6.07, 6.45) is 3.12. The van der Waals surface area contributed by atoms with E-state index < -0.39 is 0 Å². The maximum atomic E-state index is 13.4. The molecule has 2 aliphatic rings. The van der Waals surface area contributed by atoms with E-state index in [2.05, 4.69) is 22.0 Å². The highest BCUT2D eigenvalue weighted by Gasteiger charge is 2.33. The standard InChI is InChI=1S/C24H26N6O3S/c1-27-9-7-16(12-27)22(31)28-10-8-18-19(13-28)34-23-20(18)21-25-14-26-30(21)24(32)29(23)11-15-3-5-17(33-2)6-4-15/h3-6,14,16H,7-13H2,1-2H3. The second-order valence-corrected chi connectivity index (χ2v) is 10.2. The molecule has 1 amide bonds. The molecule has 1 aromatic carbocycles. The van der Waals surface area contributed by atoms with Crippen molar-refractivity contribution in [2.24, 2.45) is 5.92 Å². The van der Waals surface area contributed by atoms with E-state index in [-0.39, 0.29) is 17.5 Å². The third-order valence-corrected chi connectivity index (χ3v) is 8.26. The number of fused-ring (bicyclic) bond motifs is 5. The van der Waals surface area contributed by atoms with Gasteiger partial charge in [-0.2, -0.15) is 9.61 Å². The molecule has 1 atom stereocenters. The van der Waals surface area contributed by atoms with Gasteiger partial charge in [0.1, 0.15) is 16.9 Å². The quantitative estimate of drug-likeness (QED) is 0.446. The molecule has 34 heavy (non-hydrogen) atoms. The van der Waals surface area contributed by atoms with E-state index in [1.54, 1.807) is 23.0 Å². The second kappa shape index (κ2) is 8.21. The summed E-state index contributed by atoms with van der Waals surface area (Å²) in [5.74, 6) is 1.10. The van der Waals surface area contributed by atoms with Gasteiger partial charge < -0.3 is 14.5 Å². The highest BCUT2D eigenvalue weighted by molar-refractivity contribution is 7.19. The summed E-state index contributed by atoms with van der Waals surface area (Å²) in [5.41, 5.74) is 2.57. The lowest BCUT2D eigenvalue weighted by Crippen LogP contribution is -2.40. The van der Waals surface area contributed by atoms with E-state index in [1.165, 1.54) is 16.4 Å². The monoisotopic (exact) mass is 478 g/mol. The molecule has 176 valence electrons. The minimum atomic E-state index is -0.212. The van der Waals surface area contributed by atoms with Crippen LogP contribution in [0, 0.1) is 5.92 Å². The van der Waals surface area contributed by atoms with Gasteiger partial charge in [0.15, 0.2) is 5.65 Å². The molecular weight excluding hydrogens is 452 g/mol. The highest BCUT2D eigenvalue weighted by atomic mass is 32.1. The molecule has 6 rings (SSSR count). The smallest absolute Gasteiger partial charge is 0.352 e. The molecular formula is C24H26N6O3S. The van der Waals surface area contributed by atoms with Crippen LogP contribution in [0.2, 0.25) is 0 Å². The van der Waals surface area contributed by atoms with E-state index >= 15 is 0 Å². The average Bonchev–Trinajstić information content (AvgIpc) is 3.59. The fourth-order valence-electron chi connectivity index (χ4n) is 5.20. The molecule has 1 fully saturated rings. The molecule has 0 bridgehead atoms. The number of amides is 1. The lowest BCUT2D eigenvalue weighted by molar-refractivity contribution is -0.136. The number of nitrogens with zero attached hydrogens (tertiary/aromatic N) is 6. The van der Waals surface area contributed by atoms with Crippen LogP contribution in [0.1, 0.15) is 22.4 Å². The Labute approximate surface area is 200 Å². The number of thiophene rings is 1. The minimum Gasteiger partial charge on any atom is -0.497 e. The number of rotatable bonds is 4. The zero-order chi connectivity index (χ0) is 23.4. The van der Waals surface area contributed by atoms with E-state index in [0.29, 0.717) is 25.3 Å². The second-order valence-electron chi connectivity index (χ2n) is 9.15. The first-order valence-corrected chi connectivity index (χ1v) is 12.3. The van der Waals surface area contributed by atoms with Crippen molar-refractivity contribution >= 4 is 33.1 Å². The van der Waals surface area contributed by atoms with Crippen LogP contribution in [-0.4, -0.2) is 68.7 Å². The number of hydrogen-bond donors (Lipinski definition) is 0. The van der Waals surface area contributed by atoms with Gasteiger partial charge in [-0.05, 0) is 49.7 Å². The molecule has 10 heteroatoms. The summed E-state index contributed by atoms with van der Waals surface area (Å²) in [6, 6.07) is 7.73. The number of likely N-dealkylation sites (tertiary alicyclic amines) is 1. The number of hydrogen-bond acceptors (Lipinski definition) is 7. The molecule has 0 radical (unpaired) electrons. The molecule has 4 aromatic rings. The van der Waals surface area contributed by atoms with Gasteiger partial charge in [0.2, 0.25) is 5.91 Å². The van der Waals surface area contributed by atoms with Crippen molar-refractivity contribution in [1.29, 1.82) is 0 Å². The number of ether oxygens (including phenoxy) is 1. The topological polar surface area (TPSA) is 85.0 Å². The summed E-state index contributed by atoms with van der Waals surface area (Å²) in [6.45, 7) is 3.50. The molecule has 3 aromatic heterocycles. The van der Waals surface area contributed by atoms with Crippen LogP contribution in [-0.2, 0) is 24.3 Å². The Balaban J connectivity index is 1.41. The van der Waals surface area contributed by atoms with Gasteiger partial charge in [-0.3, -0.25) is 9.36 Å². The van der Waals surface area contributed by atoms with Gasteiger partial charge in [0, 0.05) is 18.0 Å². The zero-order valence-corrected chi connectivity index (χ0v) is 20.0. The van der Waals surface area contributed by atoms with E-state index in [0.717, 1.165) is 52.3 Å². The molecule has 1 unspecified atom stereocenters. The van der Waals surface area contributed by atoms with Crippen molar-refractivity contribution < 1.29 is 9.53 Å². The van der Waals surface area contributed by atoms with Crippen LogP contribution < -0.4 is 10.4 Å². The van der Waals surface area contributed by atoms with Gasteiger partial charge >= 0.3 is 5.69 Å². The lowest BCUT2D eigenvalue weighted by Gasteiger charge is -2.29. The predicted molar refractivity (Wildman–Crippen MR) is 129 cm³/mol. The number of carbonyl (C=O) groups is 1. The lowest BCUT2D eigenvalue weighted by atomic mass is 10.0. The minimum absolute atomic E-state index is 0.0809. The fourth-order valence-corrected chi connectivity index (χ4v) is 6.55. The van der Waals surface area contributed by atoms with E-state index in [9.17, 15) is 9.59 Å². The van der Waals surface area contributed by atoms with Gasteiger partial charge in [-0.1, -0.05) is 12.1 Å². The van der Waals surface area contributed by atoms with Crippen LogP contribution >= 0.6 is 11.3 Å². The molecule has 0 spiro atoms. The van der Waals surface area contributed by atoms with Crippen molar-refractivity contribution in [3.8, 4) is 5.75 Å². The first-order valence-electron chi connectivity index (χ1n) is 11.5. The van der Waals surface area contributed by atoms with E-state index in [4.69, 9.17) is 4.74 Å². The molecule has 0 N–H and O–H groups in total. The SMILES string of the molecule is COc1ccc(Cn2c(=O)n3ncnc3c3c4c(sc32)CN(C(=O)C2CCN(C)C2)CC4)cc1. The van der Waals surface area contributed by atoms with Crippen molar-refractivity contribution in [3.63, 3.8) is 0 Å². The van der Waals surface area contributed by atoms with Crippen molar-refractivity contribution in [2.75, 3.05) is 33.8 Å². The fraction of sp³-hybridized carbons (Fsp3) is 0.417. The summed E-state index contributed by atoms with van der Waals surface area (Å²) in [7, 11) is 3.70. The van der Waals surface area contributed by atoms with Gasteiger partial charge in [-0.25, -0.2) is 9.78 Å². The molecule has 9 nitrogen and oxygen atoms in total. The van der Waals surface area contributed by atoms with Crippen molar-refractivity contribution in [3.05, 3.63) is 57.1 Å². The van der Waals surface area contributed by atoms with Crippen molar-refractivity contribution in [2.45, 2.75) is 25.9 Å². The maximum absolute atomic E-state index is 13.4.